The van der Waals surface area contributed by atoms with Crippen molar-refractivity contribution in [1.29, 1.82) is 0 Å². The van der Waals surface area contributed by atoms with Crippen molar-refractivity contribution in [1.82, 2.24) is 5.32 Å². The second kappa shape index (κ2) is 6.80. The molecule has 0 aromatic rings. The van der Waals surface area contributed by atoms with Crippen LogP contribution in [0.2, 0.25) is 0 Å². The molecule has 0 saturated carbocycles. The molecule has 0 radical (unpaired) electrons. The van der Waals surface area contributed by atoms with Crippen LogP contribution < -0.4 is 40.0 Å². The molecule has 10 heavy (non-hydrogen) atoms. The number of carbonyl (C=O) groups excluding carboxylic acids is 2. The largest absolute Gasteiger partial charge is 1.00 e. The molecule has 1 N–H and O–H groups in total. The molecule has 0 rings (SSSR count). The van der Waals surface area contributed by atoms with Crippen LogP contribution in [0.25, 0.3) is 0 Å². The average Bonchev–Trinajstić information content (AvgIpc) is 1.83. The summed E-state index contributed by atoms with van der Waals surface area (Å²) in [5.74, 6) is -1.83. The van der Waals surface area contributed by atoms with E-state index in [1.165, 1.54) is 0 Å². The van der Waals surface area contributed by atoms with Crippen molar-refractivity contribution in [3.63, 3.8) is 0 Å². The smallest absolute Gasteiger partial charge is 0.548 e. The van der Waals surface area contributed by atoms with Crippen molar-refractivity contribution in [2.45, 2.75) is 0 Å². The van der Waals surface area contributed by atoms with Crippen molar-refractivity contribution in [3.8, 4) is 0 Å². The second-order valence-electron chi connectivity index (χ2n) is 1.29. The molecule has 0 aromatic heterocycles. The molecule has 50 valence electrons. The summed E-state index contributed by atoms with van der Waals surface area (Å²) < 4.78 is 0. The van der Waals surface area contributed by atoms with Gasteiger partial charge in [-0.2, -0.15) is 0 Å². The molecular formula is C5H6NNaO3. The molecule has 0 aliphatic rings. The van der Waals surface area contributed by atoms with E-state index in [2.05, 4.69) is 6.58 Å². The van der Waals surface area contributed by atoms with Gasteiger partial charge in [0.2, 0.25) is 5.91 Å². The molecule has 1 amide bonds. The number of nitrogens with one attached hydrogen (secondary N) is 1. The molecule has 0 spiro atoms. The fourth-order valence-electron chi connectivity index (χ4n) is 0.231. The Morgan fingerprint density at radius 2 is 2.10 bits per heavy atom. The summed E-state index contributed by atoms with van der Waals surface area (Å²) in [6.45, 7) is 2.65. The van der Waals surface area contributed by atoms with E-state index >= 15 is 0 Å². The standard InChI is InChI=1S/C5H7NO3.Na/c1-2-4(7)6-3-5(8)9;/h2H,1,3H2,(H,6,7)(H,8,9);/q;+1/p-1. The Morgan fingerprint density at radius 3 is 2.40 bits per heavy atom. The van der Waals surface area contributed by atoms with Gasteiger partial charge in [-0.1, -0.05) is 6.58 Å². The Morgan fingerprint density at radius 1 is 1.60 bits per heavy atom. The van der Waals surface area contributed by atoms with Crippen molar-refractivity contribution in [2.24, 2.45) is 0 Å². The van der Waals surface area contributed by atoms with Gasteiger partial charge in [0.15, 0.2) is 0 Å². The Labute approximate surface area is 80.6 Å². The molecule has 0 aliphatic heterocycles. The van der Waals surface area contributed by atoms with Crippen LogP contribution in [0.5, 0.6) is 0 Å². The zero-order chi connectivity index (χ0) is 7.28. The average molecular weight is 151 g/mol. The minimum atomic E-state index is -1.31. The number of rotatable bonds is 3. The van der Waals surface area contributed by atoms with Gasteiger partial charge in [0.25, 0.3) is 0 Å². The maximum Gasteiger partial charge on any atom is 1.00 e. The van der Waals surface area contributed by atoms with E-state index in [-0.39, 0.29) is 29.6 Å². The Balaban J connectivity index is 0. The summed E-state index contributed by atoms with van der Waals surface area (Å²) in [7, 11) is 0. The summed E-state index contributed by atoms with van der Waals surface area (Å²) in [5.41, 5.74) is 0. The first kappa shape index (κ1) is 12.4. The predicted molar refractivity (Wildman–Crippen MR) is 28.2 cm³/mol. The third kappa shape index (κ3) is 7.68. The van der Waals surface area contributed by atoms with Gasteiger partial charge in [0, 0.05) is 0 Å². The predicted octanol–water partition coefficient (Wildman–Crippen LogP) is -4.96. The normalized spacial score (nSPS) is 7.20. The van der Waals surface area contributed by atoms with E-state index in [9.17, 15) is 14.7 Å². The number of amides is 1. The maximum absolute atomic E-state index is 10.2. The zero-order valence-electron chi connectivity index (χ0n) is 5.72. The Hall–Kier alpha value is -0.320. The quantitative estimate of drug-likeness (QED) is 0.324. The van der Waals surface area contributed by atoms with E-state index in [1.807, 2.05) is 5.32 Å². The number of hydrogen-bond acceptors (Lipinski definition) is 3. The van der Waals surface area contributed by atoms with Crippen LogP contribution in [0.15, 0.2) is 12.7 Å². The number of carbonyl (C=O) groups is 2. The van der Waals surface area contributed by atoms with Crippen LogP contribution in [0.4, 0.5) is 0 Å². The van der Waals surface area contributed by atoms with E-state index < -0.39 is 18.4 Å². The molecule has 0 aliphatic carbocycles. The summed E-state index contributed by atoms with van der Waals surface area (Å²) >= 11 is 0. The first-order chi connectivity index (χ1) is 4.16. The van der Waals surface area contributed by atoms with Gasteiger partial charge in [-0.05, 0) is 6.08 Å². The molecule has 0 bridgehead atoms. The summed E-state index contributed by atoms with van der Waals surface area (Å²) in [4.78, 5) is 19.9. The Bertz CT molecular complexity index is 146. The third-order valence-corrected chi connectivity index (χ3v) is 0.592. The summed E-state index contributed by atoms with van der Waals surface area (Å²) in [6.07, 6.45) is 0.989. The van der Waals surface area contributed by atoms with Crippen molar-refractivity contribution < 1.29 is 44.3 Å². The van der Waals surface area contributed by atoms with Crippen molar-refractivity contribution >= 4 is 11.9 Å². The molecular weight excluding hydrogens is 145 g/mol. The summed E-state index contributed by atoms with van der Waals surface area (Å²) in [5, 5.41) is 11.7. The number of carboxylic acids is 1. The van der Waals surface area contributed by atoms with Gasteiger partial charge in [0.05, 0.1) is 12.5 Å². The number of carboxylic acid groups (broad SMARTS) is 1. The molecule has 5 heteroatoms. The summed E-state index contributed by atoms with van der Waals surface area (Å²) in [6, 6.07) is 0. The molecule has 0 unspecified atom stereocenters. The molecule has 0 atom stereocenters. The van der Waals surface area contributed by atoms with E-state index in [0.29, 0.717) is 0 Å². The fourth-order valence-corrected chi connectivity index (χ4v) is 0.231. The minimum Gasteiger partial charge on any atom is -0.548 e. The van der Waals surface area contributed by atoms with Crippen LogP contribution in [-0.2, 0) is 9.59 Å². The van der Waals surface area contributed by atoms with Crippen molar-refractivity contribution in [2.75, 3.05) is 6.54 Å². The first-order valence-corrected chi connectivity index (χ1v) is 2.27. The van der Waals surface area contributed by atoms with Crippen LogP contribution in [0, 0.1) is 0 Å². The van der Waals surface area contributed by atoms with Crippen LogP contribution in [-0.4, -0.2) is 18.4 Å². The monoisotopic (exact) mass is 151 g/mol. The third-order valence-electron chi connectivity index (χ3n) is 0.592. The molecule has 0 heterocycles. The van der Waals surface area contributed by atoms with Crippen LogP contribution in [0.1, 0.15) is 0 Å². The van der Waals surface area contributed by atoms with E-state index in [4.69, 9.17) is 0 Å². The van der Waals surface area contributed by atoms with Crippen LogP contribution in [0.3, 0.4) is 0 Å². The molecule has 0 fully saturated rings. The van der Waals surface area contributed by atoms with E-state index in [1.54, 1.807) is 0 Å². The molecule has 4 nitrogen and oxygen atoms in total. The SMILES string of the molecule is C=CC(=O)NCC(=O)[O-].[Na+]. The van der Waals surface area contributed by atoms with Gasteiger partial charge in [-0.15, -0.1) is 0 Å². The topological polar surface area (TPSA) is 69.2 Å². The fraction of sp³-hybridized carbons (Fsp3) is 0.200. The first-order valence-electron chi connectivity index (χ1n) is 2.27. The maximum atomic E-state index is 10.2. The Kier molecular flexibility index (Phi) is 8.40. The van der Waals surface area contributed by atoms with E-state index in [0.717, 1.165) is 6.08 Å². The zero-order valence-corrected chi connectivity index (χ0v) is 7.72. The second-order valence-corrected chi connectivity index (χ2v) is 1.29. The van der Waals surface area contributed by atoms with Gasteiger partial charge in [-0.3, -0.25) is 4.79 Å². The van der Waals surface area contributed by atoms with Crippen LogP contribution >= 0.6 is 0 Å². The number of hydrogen-bond donors (Lipinski definition) is 1. The van der Waals surface area contributed by atoms with Gasteiger partial charge in [-0.25, -0.2) is 0 Å². The van der Waals surface area contributed by atoms with Gasteiger partial charge >= 0.3 is 29.6 Å². The van der Waals surface area contributed by atoms with Gasteiger partial charge < -0.3 is 15.2 Å². The molecule has 0 saturated heterocycles. The van der Waals surface area contributed by atoms with Crippen molar-refractivity contribution in [3.05, 3.63) is 12.7 Å². The minimum absolute atomic E-state index is 0. The number of aliphatic carboxylic acids is 1. The van der Waals surface area contributed by atoms with Gasteiger partial charge in [0.1, 0.15) is 0 Å². The molecule has 0 aromatic carbocycles.